The molecule has 0 bridgehead atoms. The number of benzene rings is 4. The van der Waals surface area contributed by atoms with Crippen molar-refractivity contribution in [3.8, 4) is 0 Å². The molecule has 1 amide bonds. The molecule has 0 heterocycles. The highest BCUT2D eigenvalue weighted by atomic mass is 32.2. The molecule has 0 aliphatic heterocycles. The number of nitrogens with two attached hydrogens (primary N) is 1. The number of aliphatic carboxylic acids is 1. The van der Waals surface area contributed by atoms with Gasteiger partial charge in [0.1, 0.15) is 0 Å². The van der Waals surface area contributed by atoms with Gasteiger partial charge in [-0.25, -0.2) is 4.99 Å². The van der Waals surface area contributed by atoms with Crippen LogP contribution in [0.3, 0.4) is 0 Å². The molecule has 192 valence electrons. The van der Waals surface area contributed by atoms with Crippen molar-refractivity contribution in [2.75, 3.05) is 10.6 Å². The second-order valence-corrected chi connectivity index (χ2v) is 9.77. The number of hydrogen-bond donors (Lipinski definition) is 4. The third-order valence-corrected chi connectivity index (χ3v) is 6.82. The molecule has 1 atom stereocenters. The monoisotopic (exact) mass is 524 g/mol. The fraction of sp³-hybridized carbons (Fsp3) is 0.100. The van der Waals surface area contributed by atoms with Crippen LogP contribution in [0.5, 0.6) is 0 Å². The lowest BCUT2D eigenvalue weighted by atomic mass is 10.1. The van der Waals surface area contributed by atoms with Crippen molar-refractivity contribution in [2.45, 2.75) is 23.1 Å². The number of carbonyl (C=O) groups is 2. The summed E-state index contributed by atoms with van der Waals surface area (Å²) < 4.78 is 0. The van der Waals surface area contributed by atoms with Crippen LogP contribution >= 0.6 is 11.8 Å². The Morgan fingerprint density at radius 2 is 1.47 bits per heavy atom. The number of rotatable bonds is 10. The number of carbonyl (C=O) groups excluding carboxylic acids is 1. The van der Waals surface area contributed by atoms with Gasteiger partial charge in [0.2, 0.25) is 0 Å². The van der Waals surface area contributed by atoms with Crippen molar-refractivity contribution >= 4 is 41.0 Å². The number of nitrogens with zero attached hydrogens (tertiary/aromatic N) is 1. The van der Waals surface area contributed by atoms with E-state index in [0.29, 0.717) is 23.5 Å². The minimum Gasteiger partial charge on any atom is -0.481 e. The van der Waals surface area contributed by atoms with Crippen LogP contribution in [-0.4, -0.2) is 22.9 Å². The smallest absolute Gasteiger partial charge is 0.304 e. The highest BCUT2D eigenvalue weighted by Crippen LogP contribution is 2.38. The molecule has 0 aromatic heterocycles. The molecule has 8 heteroatoms. The molecule has 0 radical (unpaired) electrons. The number of nitrogens with one attached hydrogen (secondary N) is 2. The van der Waals surface area contributed by atoms with Gasteiger partial charge >= 0.3 is 5.97 Å². The van der Waals surface area contributed by atoms with E-state index in [4.69, 9.17) is 5.73 Å². The lowest BCUT2D eigenvalue weighted by Crippen LogP contribution is -2.23. The van der Waals surface area contributed by atoms with Crippen LogP contribution in [0.4, 0.5) is 11.4 Å². The average molecular weight is 525 g/mol. The van der Waals surface area contributed by atoms with E-state index in [-0.39, 0.29) is 23.5 Å². The Kier molecular flexibility index (Phi) is 9.15. The summed E-state index contributed by atoms with van der Waals surface area (Å²) in [5.41, 5.74) is 9.73. The molecule has 0 spiro atoms. The maximum absolute atomic E-state index is 13.0. The van der Waals surface area contributed by atoms with Gasteiger partial charge in [-0.2, -0.15) is 0 Å². The van der Waals surface area contributed by atoms with E-state index in [9.17, 15) is 14.7 Å². The van der Waals surface area contributed by atoms with Gasteiger partial charge in [0.15, 0.2) is 5.96 Å². The molecule has 4 rings (SSSR count). The van der Waals surface area contributed by atoms with Crippen LogP contribution in [0, 0.1) is 0 Å². The molecule has 0 aliphatic carbocycles. The summed E-state index contributed by atoms with van der Waals surface area (Å²) in [5.74, 6) is -0.888. The molecular formula is C30H28N4O3S. The molecule has 0 saturated heterocycles. The standard InChI is InChI=1S/C30H28N4O3S/c31-30(32-20-21-9-3-1-4-10-21)34-24-14-7-13-23(17-24)29(37)33-25-15-8-16-26(18-25)38-27(19-28(35)36)22-11-5-2-6-12-22/h1-18,27H,19-20H2,(H,33,37)(H,35,36)(H3,31,32,34). The van der Waals surface area contributed by atoms with E-state index >= 15 is 0 Å². The quantitative estimate of drug-likeness (QED) is 0.112. The largest absolute Gasteiger partial charge is 0.481 e. The van der Waals surface area contributed by atoms with Crippen LogP contribution in [0.2, 0.25) is 0 Å². The first-order valence-corrected chi connectivity index (χ1v) is 12.9. The maximum Gasteiger partial charge on any atom is 0.304 e. The predicted octanol–water partition coefficient (Wildman–Crippen LogP) is 6.17. The van der Waals surface area contributed by atoms with Gasteiger partial charge < -0.3 is 21.5 Å². The van der Waals surface area contributed by atoms with Crippen molar-refractivity contribution in [1.82, 2.24) is 0 Å². The Labute approximate surface area is 225 Å². The summed E-state index contributed by atoms with van der Waals surface area (Å²) in [7, 11) is 0. The van der Waals surface area contributed by atoms with Gasteiger partial charge in [0.05, 0.1) is 13.0 Å². The summed E-state index contributed by atoms with van der Waals surface area (Å²) >= 11 is 1.45. The molecule has 4 aromatic carbocycles. The predicted molar refractivity (Wildman–Crippen MR) is 154 cm³/mol. The number of amides is 1. The van der Waals surface area contributed by atoms with E-state index in [1.54, 1.807) is 24.3 Å². The van der Waals surface area contributed by atoms with E-state index in [1.165, 1.54) is 11.8 Å². The highest BCUT2D eigenvalue weighted by Gasteiger charge is 2.17. The summed E-state index contributed by atoms with van der Waals surface area (Å²) in [4.78, 5) is 29.6. The van der Waals surface area contributed by atoms with Crippen LogP contribution in [0.15, 0.2) is 119 Å². The van der Waals surface area contributed by atoms with E-state index < -0.39 is 5.97 Å². The Morgan fingerprint density at radius 1 is 0.816 bits per heavy atom. The zero-order valence-corrected chi connectivity index (χ0v) is 21.4. The summed E-state index contributed by atoms with van der Waals surface area (Å²) in [5, 5.41) is 15.1. The summed E-state index contributed by atoms with van der Waals surface area (Å²) in [6.45, 7) is 0.450. The highest BCUT2D eigenvalue weighted by molar-refractivity contribution is 7.99. The first kappa shape index (κ1) is 26.5. The first-order valence-electron chi connectivity index (χ1n) is 12.0. The zero-order chi connectivity index (χ0) is 26.7. The topological polar surface area (TPSA) is 117 Å². The molecule has 0 saturated carbocycles. The van der Waals surface area contributed by atoms with Crippen LogP contribution in [-0.2, 0) is 11.3 Å². The maximum atomic E-state index is 13.0. The van der Waals surface area contributed by atoms with Gasteiger partial charge in [-0.3, -0.25) is 9.59 Å². The minimum atomic E-state index is -0.866. The molecular weight excluding hydrogens is 496 g/mol. The summed E-state index contributed by atoms with van der Waals surface area (Å²) in [6.07, 6.45) is -0.0111. The van der Waals surface area contributed by atoms with Crippen molar-refractivity contribution in [3.63, 3.8) is 0 Å². The Hall–Kier alpha value is -4.56. The Balaban J connectivity index is 1.41. The van der Waals surface area contributed by atoms with E-state index in [0.717, 1.165) is 16.0 Å². The van der Waals surface area contributed by atoms with Crippen molar-refractivity contribution in [3.05, 3.63) is 126 Å². The molecule has 4 aromatic rings. The number of guanidine groups is 1. The second kappa shape index (κ2) is 13.1. The third-order valence-electron chi connectivity index (χ3n) is 5.57. The number of aliphatic imine (C=N–C) groups is 1. The Bertz CT molecular complexity index is 1410. The number of carboxylic acids is 1. The lowest BCUT2D eigenvalue weighted by Gasteiger charge is -2.16. The molecule has 7 nitrogen and oxygen atoms in total. The molecule has 5 N–H and O–H groups in total. The Morgan fingerprint density at radius 3 is 2.18 bits per heavy atom. The number of thioether (sulfide) groups is 1. The molecule has 38 heavy (non-hydrogen) atoms. The van der Waals surface area contributed by atoms with Gasteiger partial charge in [0, 0.05) is 27.1 Å². The van der Waals surface area contributed by atoms with E-state index in [1.807, 2.05) is 84.9 Å². The SMILES string of the molecule is NC(=NCc1ccccc1)Nc1cccc(C(=O)Nc2cccc(SC(CC(=O)O)c3ccccc3)c2)c1. The summed E-state index contributed by atoms with van der Waals surface area (Å²) in [6, 6.07) is 33.7. The molecule has 0 aliphatic rings. The number of carboxylic acid groups (broad SMARTS) is 1. The number of anilines is 2. The molecule has 0 fully saturated rings. The van der Waals surface area contributed by atoms with Crippen molar-refractivity contribution in [2.24, 2.45) is 10.7 Å². The van der Waals surface area contributed by atoms with Gasteiger partial charge in [-0.15, -0.1) is 11.8 Å². The number of hydrogen-bond acceptors (Lipinski definition) is 4. The first-order chi connectivity index (χ1) is 18.5. The average Bonchev–Trinajstić information content (AvgIpc) is 2.93. The van der Waals surface area contributed by atoms with Crippen molar-refractivity contribution < 1.29 is 14.7 Å². The van der Waals surface area contributed by atoms with Gasteiger partial charge in [-0.1, -0.05) is 72.8 Å². The zero-order valence-electron chi connectivity index (χ0n) is 20.6. The van der Waals surface area contributed by atoms with Crippen LogP contribution in [0.25, 0.3) is 0 Å². The third kappa shape index (κ3) is 7.97. The second-order valence-electron chi connectivity index (χ2n) is 8.49. The van der Waals surface area contributed by atoms with E-state index in [2.05, 4.69) is 15.6 Å². The fourth-order valence-corrected chi connectivity index (χ4v) is 4.95. The normalized spacial score (nSPS) is 11.9. The molecule has 1 unspecified atom stereocenters. The van der Waals surface area contributed by atoms with Crippen molar-refractivity contribution in [1.29, 1.82) is 0 Å². The van der Waals surface area contributed by atoms with Crippen LogP contribution < -0.4 is 16.4 Å². The van der Waals surface area contributed by atoms with Gasteiger partial charge in [0.25, 0.3) is 5.91 Å². The van der Waals surface area contributed by atoms with Crippen LogP contribution in [0.1, 0.15) is 33.2 Å². The van der Waals surface area contributed by atoms with Gasteiger partial charge in [-0.05, 0) is 47.5 Å². The minimum absolute atomic E-state index is 0.0111. The lowest BCUT2D eigenvalue weighted by molar-refractivity contribution is -0.137. The fourth-order valence-electron chi connectivity index (χ4n) is 3.75.